The summed E-state index contributed by atoms with van der Waals surface area (Å²) in [5, 5.41) is 9.98. The molecule has 0 radical (unpaired) electrons. The Kier molecular flexibility index (Phi) is 7.10. The summed E-state index contributed by atoms with van der Waals surface area (Å²) in [6.07, 6.45) is 5.65. The van der Waals surface area contributed by atoms with E-state index in [4.69, 9.17) is 28.4 Å². The maximum absolute atomic E-state index is 9.98. The van der Waals surface area contributed by atoms with Crippen molar-refractivity contribution in [2.45, 2.75) is 108 Å². The highest BCUT2D eigenvalue weighted by Gasteiger charge is 2.56. The molecule has 174 valence electrons. The third-order valence-corrected chi connectivity index (χ3v) is 7.16. The minimum atomic E-state index is -0.657. The van der Waals surface area contributed by atoms with Gasteiger partial charge in [0.2, 0.25) is 0 Å². The number of rotatable bonds is 8. The molecular weight excluding hydrogens is 388 g/mol. The second-order valence-electron chi connectivity index (χ2n) is 10.4. The summed E-state index contributed by atoms with van der Waals surface area (Å²) in [4.78, 5) is 0. The molecule has 1 saturated carbocycles. The van der Waals surface area contributed by atoms with Crippen LogP contribution in [0.2, 0.25) is 0 Å². The van der Waals surface area contributed by atoms with E-state index in [1.54, 1.807) is 0 Å². The molecule has 30 heavy (non-hydrogen) atoms. The zero-order valence-corrected chi connectivity index (χ0v) is 19.0. The topological polar surface area (TPSA) is 78.9 Å². The molecule has 3 saturated heterocycles. The lowest BCUT2D eigenvalue weighted by Gasteiger charge is -2.39. The minimum Gasteiger partial charge on any atom is -0.390 e. The highest BCUT2D eigenvalue weighted by atomic mass is 16.7. The van der Waals surface area contributed by atoms with Crippen LogP contribution >= 0.6 is 0 Å². The van der Waals surface area contributed by atoms with Crippen molar-refractivity contribution < 1.29 is 33.5 Å². The van der Waals surface area contributed by atoms with E-state index in [1.165, 1.54) is 0 Å². The van der Waals surface area contributed by atoms with Gasteiger partial charge in [-0.15, -0.1) is 0 Å². The number of hydrogen-bond donors (Lipinski definition) is 1. The number of epoxide rings is 1. The zero-order valence-electron chi connectivity index (χ0n) is 19.0. The fourth-order valence-electron chi connectivity index (χ4n) is 4.97. The van der Waals surface area contributed by atoms with Crippen LogP contribution in [0.25, 0.3) is 0 Å². The largest absolute Gasteiger partial charge is 0.390 e. The Hall–Kier alpha value is -0.280. The Morgan fingerprint density at radius 3 is 2.27 bits per heavy atom. The molecular formula is C23H40O7. The van der Waals surface area contributed by atoms with Gasteiger partial charge in [0.05, 0.1) is 43.7 Å². The second-order valence-corrected chi connectivity index (χ2v) is 10.4. The third kappa shape index (κ3) is 5.74. The summed E-state index contributed by atoms with van der Waals surface area (Å²) in [5.74, 6) is 0.704. The van der Waals surface area contributed by atoms with Crippen LogP contribution in [0.15, 0.2) is 0 Å². The van der Waals surface area contributed by atoms with E-state index in [2.05, 4.69) is 13.8 Å². The van der Waals surface area contributed by atoms with Gasteiger partial charge < -0.3 is 33.5 Å². The first-order chi connectivity index (χ1) is 14.3. The van der Waals surface area contributed by atoms with Crippen LogP contribution in [-0.2, 0) is 28.4 Å². The lowest BCUT2D eigenvalue weighted by Crippen LogP contribution is -2.47. The predicted molar refractivity (Wildman–Crippen MR) is 110 cm³/mol. The van der Waals surface area contributed by atoms with E-state index in [-0.39, 0.29) is 36.3 Å². The Morgan fingerprint density at radius 1 is 1.07 bits per heavy atom. The number of fused-ring (bicyclic) bond motifs is 1. The molecule has 1 aliphatic carbocycles. The van der Waals surface area contributed by atoms with Crippen LogP contribution < -0.4 is 0 Å². The van der Waals surface area contributed by atoms with Crippen LogP contribution in [-0.4, -0.2) is 73.6 Å². The highest BCUT2D eigenvalue weighted by molar-refractivity contribution is 5.04. The highest BCUT2D eigenvalue weighted by Crippen LogP contribution is 2.50. The lowest BCUT2D eigenvalue weighted by atomic mass is 9.82. The van der Waals surface area contributed by atoms with Crippen molar-refractivity contribution in [2.24, 2.45) is 11.8 Å². The van der Waals surface area contributed by atoms with Gasteiger partial charge in [-0.2, -0.15) is 0 Å². The molecule has 3 heterocycles. The number of hydrogen-bond acceptors (Lipinski definition) is 7. The maximum Gasteiger partial charge on any atom is 0.160 e. The van der Waals surface area contributed by atoms with Crippen molar-refractivity contribution in [1.29, 1.82) is 0 Å². The fourth-order valence-corrected chi connectivity index (χ4v) is 4.97. The molecule has 0 aromatic carbocycles. The molecule has 4 atom stereocenters. The molecule has 4 unspecified atom stereocenters. The molecule has 4 fully saturated rings. The normalized spacial score (nSPS) is 43.1. The van der Waals surface area contributed by atoms with Gasteiger partial charge in [-0.3, -0.25) is 0 Å². The smallest absolute Gasteiger partial charge is 0.160 e. The number of aliphatic hydroxyl groups is 1. The average molecular weight is 429 g/mol. The van der Waals surface area contributed by atoms with Crippen molar-refractivity contribution in [2.75, 3.05) is 26.4 Å². The lowest BCUT2D eigenvalue weighted by molar-refractivity contribution is -0.287. The molecule has 7 heteroatoms. The van der Waals surface area contributed by atoms with Gasteiger partial charge in [-0.05, 0) is 59.3 Å². The van der Waals surface area contributed by atoms with Crippen molar-refractivity contribution in [3.63, 3.8) is 0 Å². The van der Waals surface area contributed by atoms with Gasteiger partial charge >= 0.3 is 0 Å². The van der Waals surface area contributed by atoms with E-state index >= 15 is 0 Å². The molecule has 0 bridgehead atoms. The van der Waals surface area contributed by atoms with E-state index in [9.17, 15) is 5.11 Å². The predicted octanol–water partition coefficient (Wildman–Crippen LogP) is 3.02. The Morgan fingerprint density at radius 2 is 1.70 bits per heavy atom. The molecule has 0 aromatic heterocycles. The number of ether oxygens (including phenoxy) is 6. The van der Waals surface area contributed by atoms with Crippen LogP contribution in [0.1, 0.15) is 66.2 Å². The Bertz CT molecular complexity index is 548. The zero-order chi connectivity index (χ0) is 21.4. The van der Waals surface area contributed by atoms with Gasteiger partial charge in [0.25, 0.3) is 0 Å². The van der Waals surface area contributed by atoms with Gasteiger partial charge in [0.15, 0.2) is 12.6 Å². The average Bonchev–Trinajstić information content (AvgIpc) is 3.40. The van der Waals surface area contributed by atoms with Crippen LogP contribution in [0.5, 0.6) is 0 Å². The van der Waals surface area contributed by atoms with Gasteiger partial charge in [0.1, 0.15) is 12.2 Å². The van der Waals surface area contributed by atoms with Crippen LogP contribution in [0.3, 0.4) is 0 Å². The molecule has 3 aliphatic heterocycles. The fraction of sp³-hybridized carbons (Fsp3) is 1.00. The SMILES string of the molecule is CCC(CCC(C)(C)O)C1OCC(OC2COC(C3CCC4(C)OC4C3)OC2)CO1. The van der Waals surface area contributed by atoms with E-state index in [0.717, 1.165) is 38.5 Å². The quantitative estimate of drug-likeness (QED) is 0.595. The van der Waals surface area contributed by atoms with E-state index in [1.807, 2.05) is 13.8 Å². The standard InChI is InChI=1S/C23H40O7/c1-5-15(6-8-22(2,3)24)20-25-11-17(12-26-20)29-18-13-27-21(28-14-18)16-7-9-23(4)19(10-16)30-23/h15-21,24H,5-14H2,1-4H3. The summed E-state index contributed by atoms with van der Waals surface area (Å²) in [6, 6.07) is 0. The second kappa shape index (κ2) is 9.30. The van der Waals surface area contributed by atoms with E-state index < -0.39 is 5.60 Å². The first kappa shape index (κ1) is 22.9. The summed E-state index contributed by atoms with van der Waals surface area (Å²) < 4.78 is 35.9. The first-order valence-corrected chi connectivity index (χ1v) is 11.8. The Labute approximate surface area is 180 Å². The van der Waals surface area contributed by atoms with Gasteiger partial charge in [0, 0.05) is 11.8 Å². The molecule has 4 rings (SSSR count). The van der Waals surface area contributed by atoms with Crippen molar-refractivity contribution in [1.82, 2.24) is 0 Å². The molecule has 1 N–H and O–H groups in total. The molecule has 7 nitrogen and oxygen atoms in total. The molecule has 0 aromatic rings. The van der Waals surface area contributed by atoms with Crippen molar-refractivity contribution in [3.8, 4) is 0 Å². The molecule has 0 amide bonds. The van der Waals surface area contributed by atoms with Gasteiger partial charge in [-0.1, -0.05) is 6.92 Å². The van der Waals surface area contributed by atoms with Crippen LogP contribution in [0.4, 0.5) is 0 Å². The molecule has 0 spiro atoms. The molecule has 4 aliphatic rings. The summed E-state index contributed by atoms with van der Waals surface area (Å²) in [7, 11) is 0. The Balaban J connectivity index is 1.14. The maximum atomic E-state index is 9.98. The van der Waals surface area contributed by atoms with Crippen molar-refractivity contribution >= 4 is 0 Å². The summed E-state index contributed by atoms with van der Waals surface area (Å²) >= 11 is 0. The minimum absolute atomic E-state index is 0.0850. The monoisotopic (exact) mass is 428 g/mol. The third-order valence-electron chi connectivity index (χ3n) is 7.16. The summed E-state index contributed by atoms with van der Waals surface area (Å²) in [5.41, 5.74) is -0.531. The van der Waals surface area contributed by atoms with Crippen molar-refractivity contribution in [3.05, 3.63) is 0 Å². The van der Waals surface area contributed by atoms with E-state index in [0.29, 0.717) is 38.4 Å². The summed E-state index contributed by atoms with van der Waals surface area (Å²) in [6.45, 7) is 10.2. The first-order valence-electron chi connectivity index (χ1n) is 11.8. The van der Waals surface area contributed by atoms with Crippen LogP contribution in [0, 0.1) is 11.8 Å². The van der Waals surface area contributed by atoms with Gasteiger partial charge in [-0.25, -0.2) is 0 Å².